The standard InChI is InChI=1S/C18H17IN3S/c19-13-16-11-12-23-18-21(15-9-5-2-6-10-15)17(20-22(16)18)14-7-3-1-4-8-14/h1-10,16H,11-13H2/q+1. The molecule has 0 saturated carbocycles. The molecule has 2 aromatic carbocycles. The molecule has 0 aliphatic carbocycles. The number of hydrogen-bond acceptors (Lipinski definition) is 2. The monoisotopic (exact) mass is 434 g/mol. The van der Waals surface area contributed by atoms with E-state index in [1.54, 1.807) is 0 Å². The third-order valence-electron chi connectivity index (χ3n) is 4.05. The lowest BCUT2D eigenvalue weighted by Gasteiger charge is -2.15. The van der Waals surface area contributed by atoms with E-state index in [1.807, 2.05) is 11.8 Å². The zero-order valence-corrected chi connectivity index (χ0v) is 15.6. The van der Waals surface area contributed by atoms with Crippen molar-refractivity contribution in [1.82, 2.24) is 9.78 Å². The first kappa shape index (κ1) is 15.2. The van der Waals surface area contributed by atoms with E-state index in [9.17, 15) is 0 Å². The van der Waals surface area contributed by atoms with Crippen LogP contribution in [0.5, 0.6) is 0 Å². The maximum absolute atomic E-state index is 5.00. The second-order valence-corrected chi connectivity index (χ2v) is 7.48. The van der Waals surface area contributed by atoms with Crippen molar-refractivity contribution in [2.45, 2.75) is 17.6 Å². The van der Waals surface area contributed by atoms with Gasteiger partial charge >= 0.3 is 11.0 Å². The minimum absolute atomic E-state index is 0.485. The molecule has 1 unspecified atom stereocenters. The molecule has 3 aromatic rings. The summed E-state index contributed by atoms with van der Waals surface area (Å²) in [5.74, 6) is 2.18. The first-order valence-electron chi connectivity index (χ1n) is 7.72. The third kappa shape index (κ3) is 2.80. The molecule has 0 amide bonds. The summed E-state index contributed by atoms with van der Waals surface area (Å²) < 4.78 is 5.63. The molecular weight excluding hydrogens is 417 g/mol. The Hall–Kier alpha value is -1.34. The summed E-state index contributed by atoms with van der Waals surface area (Å²) >= 11 is 4.38. The number of thioether (sulfide) groups is 1. The molecule has 0 spiro atoms. The van der Waals surface area contributed by atoms with E-state index in [1.165, 1.54) is 17.3 Å². The lowest BCUT2D eigenvalue weighted by molar-refractivity contribution is -0.627. The van der Waals surface area contributed by atoms with E-state index in [-0.39, 0.29) is 0 Å². The molecule has 1 aliphatic heterocycles. The van der Waals surface area contributed by atoms with E-state index in [0.717, 1.165) is 21.6 Å². The number of halogens is 1. The number of benzene rings is 2. The van der Waals surface area contributed by atoms with Crippen molar-refractivity contribution in [2.24, 2.45) is 0 Å². The predicted molar refractivity (Wildman–Crippen MR) is 102 cm³/mol. The van der Waals surface area contributed by atoms with Crippen LogP contribution in [-0.4, -0.2) is 20.0 Å². The van der Waals surface area contributed by atoms with E-state index < -0.39 is 0 Å². The fourth-order valence-corrected chi connectivity index (χ4v) is 4.92. The van der Waals surface area contributed by atoms with Gasteiger partial charge in [0.05, 0.1) is 5.56 Å². The topological polar surface area (TPSA) is 21.7 Å². The average Bonchev–Trinajstić information content (AvgIpc) is 3.02. The highest BCUT2D eigenvalue weighted by atomic mass is 127. The van der Waals surface area contributed by atoms with Crippen LogP contribution < -0.4 is 4.57 Å². The Kier molecular flexibility index (Phi) is 4.39. The molecule has 1 aliphatic rings. The molecule has 0 bridgehead atoms. The fourth-order valence-electron chi connectivity index (χ4n) is 2.89. The Morgan fingerprint density at radius 1 is 1.09 bits per heavy atom. The third-order valence-corrected chi connectivity index (χ3v) is 6.14. The molecule has 23 heavy (non-hydrogen) atoms. The van der Waals surface area contributed by atoms with Gasteiger partial charge in [-0.2, -0.15) is 4.57 Å². The summed E-state index contributed by atoms with van der Waals surface area (Å²) in [6, 6.07) is 21.5. The van der Waals surface area contributed by atoms with E-state index in [0.29, 0.717) is 6.04 Å². The molecule has 4 rings (SSSR count). The number of nitrogens with zero attached hydrogens (tertiary/aromatic N) is 3. The molecule has 116 valence electrons. The van der Waals surface area contributed by atoms with Crippen LogP contribution in [0.4, 0.5) is 0 Å². The average molecular weight is 434 g/mol. The molecule has 1 atom stereocenters. The van der Waals surface area contributed by atoms with Crippen LogP contribution in [0.1, 0.15) is 12.5 Å². The number of aromatic nitrogens is 3. The molecule has 3 nitrogen and oxygen atoms in total. The molecule has 0 saturated heterocycles. The normalized spacial score (nSPS) is 17.0. The van der Waals surface area contributed by atoms with E-state index in [4.69, 9.17) is 5.10 Å². The van der Waals surface area contributed by atoms with Crippen molar-refractivity contribution in [3.05, 3.63) is 60.7 Å². The first-order chi connectivity index (χ1) is 11.4. The Morgan fingerprint density at radius 2 is 1.78 bits per heavy atom. The first-order valence-corrected chi connectivity index (χ1v) is 10.2. The number of rotatable bonds is 3. The zero-order chi connectivity index (χ0) is 15.6. The van der Waals surface area contributed by atoms with Crippen molar-refractivity contribution in [3.63, 3.8) is 0 Å². The maximum atomic E-state index is 5.00. The minimum Gasteiger partial charge on any atom is -0.184 e. The van der Waals surface area contributed by atoms with Gasteiger partial charge in [-0.05, 0) is 30.7 Å². The number of para-hydroxylation sites is 1. The van der Waals surface area contributed by atoms with Crippen molar-refractivity contribution < 1.29 is 4.57 Å². The van der Waals surface area contributed by atoms with Crippen LogP contribution in [0.3, 0.4) is 0 Å². The summed E-state index contributed by atoms with van der Waals surface area (Å²) in [5.41, 5.74) is 2.33. The summed E-state index contributed by atoms with van der Waals surface area (Å²) in [7, 11) is 0. The van der Waals surface area contributed by atoms with Gasteiger partial charge in [0, 0.05) is 15.3 Å². The fraction of sp³-hybridized carbons (Fsp3) is 0.222. The van der Waals surface area contributed by atoms with Gasteiger partial charge in [0.2, 0.25) is 0 Å². The van der Waals surface area contributed by atoms with Crippen LogP contribution in [0.15, 0.2) is 65.8 Å². The molecule has 5 heteroatoms. The Balaban J connectivity index is 1.97. The summed E-state index contributed by atoms with van der Waals surface area (Å²) in [6.45, 7) is 0. The van der Waals surface area contributed by atoms with Crippen LogP contribution in [-0.2, 0) is 0 Å². The highest BCUT2D eigenvalue weighted by molar-refractivity contribution is 14.1. The highest BCUT2D eigenvalue weighted by Crippen LogP contribution is 2.32. The van der Waals surface area contributed by atoms with E-state index >= 15 is 0 Å². The quantitative estimate of drug-likeness (QED) is 0.349. The molecule has 1 aromatic heterocycles. The van der Waals surface area contributed by atoms with Crippen LogP contribution in [0.25, 0.3) is 17.1 Å². The SMILES string of the molecule is ICC1CCSc2n1nc(-c1ccccc1)[n+]2-c1ccccc1. The summed E-state index contributed by atoms with van der Waals surface area (Å²) in [6.07, 6.45) is 1.19. The van der Waals surface area contributed by atoms with Gasteiger partial charge in [-0.3, -0.25) is 0 Å². The second-order valence-electron chi connectivity index (χ2n) is 5.53. The highest BCUT2D eigenvalue weighted by Gasteiger charge is 2.35. The zero-order valence-electron chi connectivity index (χ0n) is 12.6. The summed E-state index contributed by atoms with van der Waals surface area (Å²) in [4.78, 5) is 0. The lowest BCUT2D eigenvalue weighted by atomic mass is 10.2. The number of hydrogen-bond donors (Lipinski definition) is 0. The van der Waals surface area contributed by atoms with Gasteiger partial charge < -0.3 is 0 Å². The van der Waals surface area contributed by atoms with Crippen LogP contribution >= 0.6 is 34.4 Å². The smallest absolute Gasteiger partial charge is 0.184 e. The molecule has 2 heterocycles. The van der Waals surface area contributed by atoms with Crippen molar-refractivity contribution >= 4 is 34.4 Å². The van der Waals surface area contributed by atoms with Gasteiger partial charge in [0.1, 0.15) is 11.7 Å². The Bertz CT molecular complexity index is 802. The van der Waals surface area contributed by atoms with Gasteiger partial charge in [-0.25, -0.2) is 0 Å². The molecule has 0 fully saturated rings. The van der Waals surface area contributed by atoms with E-state index in [2.05, 4.69) is 92.5 Å². The van der Waals surface area contributed by atoms with Crippen LogP contribution in [0.2, 0.25) is 0 Å². The second kappa shape index (κ2) is 6.65. The molecular formula is C18H17IN3S+. The van der Waals surface area contributed by atoms with Crippen LogP contribution in [0, 0.1) is 0 Å². The van der Waals surface area contributed by atoms with Gasteiger partial charge in [-0.15, -0.1) is 0 Å². The maximum Gasteiger partial charge on any atom is 0.314 e. The van der Waals surface area contributed by atoms with Crippen molar-refractivity contribution in [3.8, 4) is 17.1 Å². The predicted octanol–water partition coefficient (Wildman–Crippen LogP) is 4.30. The Morgan fingerprint density at radius 3 is 2.48 bits per heavy atom. The number of alkyl halides is 1. The minimum atomic E-state index is 0.485. The Labute approximate surface area is 153 Å². The number of fused-ring (bicyclic) bond motifs is 1. The van der Waals surface area contributed by atoms with Gasteiger partial charge in [0.15, 0.2) is 0 Å². The summed E-state index contributed by atoms with van der Waals surface area (Å²) in [5, 5.41) is 6.24. The largest absolute Gasteiger partial charge is 0.314 e. The lowest BCUT2D eigenvalue weighted by Crippen LogP contribution is -2.36. The van der Waals surface area contributed by atoms with Crippen molar-refractivity contribution in [2.75, 3.05) is 10.2 Å². The molecule has 0 N–H and O–H groups in total. The van der Waals surface area contributed by atoms with Gasteiger partial charge in [0.25, 0.3) is 0 Å². The van der Waals surface area contributed by atoms with Gasteiger partial charge in [-0.1, -0.05) is 75.4 Å². The van der Waals surface area contributed by atoms with Crippen molar-refractivity contribution in [1.29, 1.82) is 0 Å². The molecule has 0 radical (unpaired) electrons.